The van der Waals surface area contributed by atoms with E-state index in [2.05, 4.69) is 9.47 Å². The first-order valence-corrected chi connectivity index (χ1v) is 6.05. The van der Waals surface area contributed by atoms with Crippen LogP contribution in [0.3, 0.4) is 0 Å². The second-order valence-electron chi connectivity index (χ2n) is 4.63. The number of carbonyl (C=O) groups excluding carboxylic acids is 2. The minimum atomic E-state index is -0.882. The van der Waals surface area contributed by atoms with Crippen molar-refractivity contribution in [2.24, 2.45) is 11.8 Å². The third-order valence-electron chi connectivity index (χ3n) is 3.66. The molecule has 6 heteroatoms. The third kappa shape index (κ3) is 2.35. The second kappa shape index (κ2) is 5.24. The van der Waals surface area contributed by atoms with E-state index in [4.69, 9.17) is 9.47 Å². The van der Waals surface area contributed by atoms with Crippen molar-refractivity contribution in [1.29, 1.82) is 0 Å². The minimum Gasteiger partial charge on any atom is -0.468 e. The van der Waals surface area contributed by atoms with E-state index in [1.807, 2.05) is 0 Å². The van der Waals surface area contributed by atoms with Gasteiger partial charge < -0.3 is 18.9 Å². The zero-order valence-corrected chi connectivity index (χ0v) is 10.6. The predicted octanol–water partition coefficient (Wildman–Crippen LogP) is 0.492. The van der Waals surface area contributed by atoms with Crippen LogP contribution in [0.25, 0.3) is 0 Å². The van der Waals surface area contributed by atoms with Crippen molar-refractivity contribution in [2.75, 3.05) is 27.4 Å². The van der Waals surface area contributed by atoms with E-state index in [1.165, 1.54) is 14.2 Å². The van der Waals surface area contributed by atoms with Crippen molar-refractivity contribution in [3.63, 3.8) is 0 Å². The highest BCUT2D eigenvalue weighted by molar-refractivity contribution is 5.95. The molecule has 18 heavy (non-hydrogen) atoms. The Morgan fingerprint density at radius 3 is 2.22 bits per heavy atom. The molecule has 0 N–H and O–H groups in total. The van der Waals surface area contributed by atoms with Crippen LogP contribution in [0.4, 0.5) is 0 Å². The molecule has 1 aliphatic carbocycles. The fourth-order valence-electron chi connectivity index (χ4n) is 2.79. The van der Waals surface area contributed by atoms with Gasteiger partial charge in [-0.05, 0) is 12.3 Å². The van der Waals surface area contributed by atoms with Gasteiger partial charge in [0.2, 0.25) is 0 Å². The molecule has 0 aromatic carbocycles. The summed E-state index contributed by atoms with van der Waals surface area (Å²) in [5, 5.41) is 0. The number of hydrogen-bond acceptors (Lipinski definition) is 6. The molecule has 1 saturated heterocycles. The molecule has 0 amide bonds. The zero-order chi connectivity index (χ0) is 13.2. The molecule has 1 spiro atoms. The normalized spacial score (nSPS) is 25.6. The van der Waals surface area contributed by atoms with Crippen molar-refractivity contribution < 1.29 is 28.5 Å². The van der Waals surface area contributed by atoms with E-state index in [-0.39, 0.29) is 5.92 Å². The lowest BCUT2D eigenvalue weighted by Crippen LogP contribution is -2.34. The maximum atomic E-state index is 11.7. The molecule has 1 atom stereocenters. The third-order valence-corrected chi connectivity index (χ3v) is 3.66. The van der Waals surface area contributed by atoms with Gasteiger partial charge >= 0.3 is 11.9 Å². The van der Waals surface area contributed by atoms with Crippen molar-refractivity contribution in [3.8, 4) is 0 Å². The summed E-state index contributed by atoms with van der Waals surface area (Å²) >= 11 is 0. The number of ether oxygens (including phenoxy) is 4. The van der Waals surface area contributed by atoms with E-state index in [0.29, 0.717) is 32.5 Å². The first kappa shape index (κ1) is 13.3. The molecule has 1 unspecified atom stereocenters. The summed E-state index contributed by atoms with van der Waals surface area (Å²) in [6, 6.07) is 0. The summed E-state index contributed by atoms with van der Waals surface area (Å²) in [6.45, 7) is 1.13. The molecule has 2 fully saturated rings. The summed E-state index contributed by atoms with van der Waals surface area (Å²) in [6.07, 6.45) is 1.92. The van der Waals surface area contributed by atoms with E-state index in [0.717, 1.165) is 0 Å². The largest absolute Gasteiger partial charge is 0.468 e. The van der Waals surface area contributed by atoms with Crippen LogP contribution in [0.1, 0.15) is 19.3 Å². The molecule has 2 aliphatic rings. The summed E-state index contributed by atoms with van der Waals surface area (Å²) in [5.41, 5.74) is 0. The van der Waals surface area contributed by atoms with E-state index in [1.54, 1.807) is 0 Å². The SMILES string of the molecule is COC(=O)C(C(=O)OC)C1CCC2(C1)OCCO2. The first-order chi connectivity index (χ1) is 8.62. The van der Waals surface area contributed by atoms with E-state index >= 15 is 0 Å². The summed E-state index contributed by atoms with van der Waals surface area (Å²) < 4.78 is 20.5. The van der Waals surface area contributed by atoms with Gasteiger partial charge in [0.15, 0.2) is 11.7 Å². The maximum absolute atomic E-state index is 11.7. The highest BCUT2D eigenvalue weighted by Crippen LogP contribution is 2.44. The lowest BCUT2D eigenvalue weighted by Gasteiger charge is -2.23. The van der Waals surface area contributed by atoms with Crippen LogP contribution in [0, 0.1) is 11.8 Å². The lowest BCUT2D eigenvalue weighted by molar-refractivity contribution is -0.166. The Hall–Kier alpha value is -1.14. The quantitative estimate of drug-likeness (QED) is 0.542. The molecular weight excluding hydrogens is 240 g/mol. The van der Waals surface area contributed by atoms with Crippen molar-refractivity contribution in [3.05, 3.63) is 0 Å². The van der Waals surface area contributed by atoms with Crippen LogP contribution >= 0.6 is 0 Å². The highest BCUT2D eigenvalue weighted by Gasteiger charge is 2.50. The van der Waals surface area contributed by atoms with Crippen molar-refractivity contribution >= 4 is 11.9 Å². The fraction of sp³-hybridized carbons (Fsp3) is 0.833. The van der Waals surface area contributed by atoms with Crippen LogP contribution < -0.4 is 0 Å². The number of methoxy groups -OCH3 is 2. The molecule has 0 bridgehead atoms. The number of rotatable bonds is 3. The van der Waals surface area contributed by atoms with Crippen LogP contribution in [-0.4, -0.2) is 45.2 Å². The maximum Gasteiger partial charge on any atom is 0.320 e. The topological polar surface area (TPSA) is 71.1 Å². The molecule has 2 rings (SSSR count). The van der Waals surface area contributed by atoms with Gasteiger partial charge in [0.25, 0.3) is 0 Å². The molecule has 0 radical (unpaired) electrons. The second-order valence-corrected chi connectivity index (χ2v) is 4.63. The van der Waals surface area contributed by atoms with Gasteiger partial charge in [-0.2, -0.15) is 0 Å². The molecule has 102 valence electrons. The minimum absolute atomic E-state index is 0.150. The van der Waals surface area contributed by atoms with Crippen LogP contribution in [0.2, 0.25) is 0 Å². The smallest absolute Gasteiger partial charge is 0.320 e. The van der Waals surface area contributed by atoms with Crippen LogP contribution in [0.5, 0.6) is 0 Å². The Balaban J connectivity index is 2.08. The van der Waals surface area contributed by atoms with Crippen LogP contribution in [-0.2, 0) is 28.5 Å². The predicted molar refractivity (Wildman–Crippen MR) is 59.5 cm³/mol. The summed E-state index contributed by atoms with van der Waals surface area (Å²) in [7, 11) is 2.54. The molecule has 1 saturated carbocycles. The van der Waals surface area contributed by atoms with Gasteiger partial charge in [-0.15, -0.1) is 0 Å². The highest BCUT2D eigenvalue weighted by atomic mass is 16.7. The molecule has 0 aromatic heterocycles. The summed E-state index contributed by atoms with van der Waals surface area (Å²) in [4.78, 5) is 23.4. The molecule has 1 heterocycles. The van der Waals surface area contributed by atoms with Gasteiger partial charge in [-0.3, -0.25) is 9.59 Å². The van der Waals surface area contributed by atoms with Gasteiger partial charge in [0.05, 0.1) is 27.4 Å². The van der Waals surface area contributed by atoms with Gasteiger partial charge in [0.1, 0.15) is 0 Å². The Kier molecular flexibility index (Phi) is 3.87. The average Bonchev–Trinajstić information content (AvgIpc) is 3.00. The monoisotopic (exact) mass is 258 g/mol. The zero-order valence-electron chi connectivity index (χ0n) is 10.6. The van der Waals surface area contributed by atoms with Crippen LogP contribution in [0.15, 0.2) is 0 Å². The van der Waals surface area contributed by atoms with Gasteiger partial charge in [-0.1, -0.05) is 0 Å². The number of esters is 2. The molecule has 0 aromatic rings. The Bertz CT molecular complexity index is 317. The lowest BCUT2D eigenvalue weighted by atomic mass is 9.90. The molecular formula is C12H18O6. The standard InChI is InChI=1S/C12H18O6/c1-15-10(13)9(11(14)16-2)8-3-4-12(7-8)17-5-6-18-12/h8-9H,3-7H2,1-2H3. The average molecular weight is 258 g/mol. The fourth-order valence-corrected chi connectivity index (χ4v) is 2.79. The van der Waals surface area contributed by atoms with Gasteiger partial charge in [0, 0.05) is 12.8 Å². The molecule has 1 aliphatic heterocycles. The number of carbonyl (C=O) groups is 2. The van der Waals surface area contributed by atoms with Crippen molar-refractivity contribution in [2.45, 2.75) is 25.0 Å². The summed E-state index contributed by atoms with van der Waals surface area (Å²) in [5.74, 6) is -2.75. The van der Waals surface area contributed by atoms with Crippen molar-refractivity contribution in [1.82, 2.24) is 0 Å². The Labute approximate surface area is 106 Å². The first-order valence-electron chi connectivity index (χ1n) is 6.05. The van der Waals surface area contributed by atoms with Gasteiger partial charge in [-0.25, -0.2) is 0 Å². The Morgan fingerprint density at radius 2 is 1.72 bits per heavy atom. The number of hydrogen-bond donors (Lipinski definition) is 0. The van der Waals surface area contributed by atoms with E-state index in [9.17, 15) is 9.59 Å². The van der Waals surface area contributed by atoms with E-state index < -0.39 is 23.6 Å². The molecule has 6 nitrogen and oxygen atoms in total. The Morgan fingerprint density at radius 1 is 1.17 bits per heavy atom.